The van der Waals surface area contributed by atoms with Gasteiger partial charge in [-0.1, -0.05) is 13.8 Å². The molecule has 2 atom stereocenters. The number of methoxy groups -OCH3 is 1. The normalized spacial score (nSPS) is 29.5. The zero-order valence-electron chi connectivity index (χ0n) is 8.63. The van der Waals surface area contributed by atoms with Crippen molar-refractivity contribution < 1.29 is 42.2 Å². The van der Waals surface area contributed by atoms with E-state index in [1.807, 2.05) is 13.0 Å². The van der Waals surface area contributed by atoms with Gasteiger partial charge >= 0.3 is 5.97 Å². The van der Waals surface area contributed by atoms with Gasteiger partial charge in [0.25, 0.3) is 0 Å². The van der Waals surface area contributed by atoms with E-state index in [-0.39, 0.29) is 50.0 Å². The van der Waals surface area contributed by atoms with Gasteiger partial charge in [0, 0.05) is 32.7 Å². The molecule has 1 radical (unpaired) electrons. The summed E-state index contributed by atoms with van der Waals surface area (Å²) in [4.78, 5) is 11.2. The van der Waals surface area contributed by atoms with E-state index in [1.165, 1.54) is 7.11 Å². The third-order valence-corrected chi connectivity index (χ3v) is 2.71. The van der Waals surface area contributed by atoms with E-state index in [2.05, 4.69) is 19.9 Å². The van der Waals surface area contributed by atoms with Crippen molar-refractivity contribution in [3.05, 3.63) is 12.2 Å². The van der Waals surface area contributed by atoms with Crippen LogP contribution in [-0.4, -0.2) is 13.1 Å². The van der Waals surface area contributed by atoms with Crippen LogP contribution in [0.25, 0.3) is 0 Å². The van der Waals surface area contributed by atoms with Gasteiger partial charge in [-0.15, -0.1) is 0 Å². The Morgan fingerprint density at radius 2 is 2.08 bits per heavy atom. The van der Waals surface area contributed by atoms with Crippen molar-refractivity contribution >= 4 is 5.97 Å². The van der Waals surface area contributed by atoms with Crippen LogP contribution in [-0.2, 0) is 42.2 Å². The van der Waals surface area contributed by atoms with Crippen LogP contribution in [0, 0.1) is 23.3 Å². The van der Waals surface area contributed by atoms with Crippen molar-refractivity contribution in [1.82, 2.24) is 0 Å². The van der Waals surface area contributed by atoms with E-state index in [0.717, 1.165) is 0 Å². The zero-order valence-corrected chi connectivity index (χ0v) is 11.5. The summed E-state index contributed by atoms with van der Waals surface area (Å²) in [6, 6.07) is 0. The number of ether oxygens (including phenoxy) is 1. The number of rotatable bonds is 2. The molecule has 0 aromatic rings. The maximum Gasteiger partial charge on any atom is 0.309 e. The molecular formula is C10H15O2Y-. The molecule has 1 aliphatic carbocycles. The van der Waals surface area contributed by atoms with Crippen LogP contribution in [0.3, 0.4) is 0 Å². The number of carbonyl (C=O) groups excluding carboxylic acids is 1. The summed E-state index contributed by atoms with van der Waals surface area (Å²) in [5, 5.41) is 0. The van der Waals surface area contributed by atoms with Crippen LogP contribution in [0.5, 0.6) is 0 Å². The number of carbonyl (C=O) groups is 1. The molecule has 0 aromatic carbocycles. The molecule has 0 saturated heterocycles. The van der Waals surface area contributed by atoms with Gasteiger partial charge in [-0.2, -0.15) is 6.92 Å². The van der Waals surface area contributed by atoms with E-state index >= 15 is 0 Å². The van der Waals surface area contributed by atoms with E-state index in [4.69, 9.17) is 4.74 Å². The molecule has 0 bridgehead atoms. The fraction of sp³-hybridized carbons (Fsp3) is 0.700. The summed E-state index contributed by atoms with van der Waals surface area (Å²) < 4.78 is 4.70. The van der Waals surface area contributed by atoms with E-state index in [1.54, 1.807) is 0 Å². The molecule has 3 heteroatoms. The molecule has 2 nitrogen and oxygen atoms in total. The van der Waals surface area contributed by atoms with Crippen molar-refractivity contribution in [2.45, 2.75) is 20.8 Å². The summed E-state index contributed by atoms with van der Waals surface area (Å²) in [6.07, 6.45) is 4.92. The number of hydrogen-bond acceptors (Lipinski definition) is 2. The molecule has 0 unspecified atom stereocenters. The first kappa shape index (κ1) is 13.3. The molecule has 0 N–H and O–H groups in total. The van der Waals surface area contributed by atoms with Gasteiger partial charge in [-0.25, -0.2) is 0 Å². The average molecular weight is 256 g/mol. The monoisotopic (exact) mass is 256 g/mol. The van der Waals surface area contributed by atoms with Crippen LogP contribution in [0.2, 0.25) is 0 Å². The summed E-state index contributed by atoms with van der Waals surface area (Å²) in [6.45, 7) is 6.00. The molecule has 1 rings (SSSR count). The minimum atomic E-state index is -0.100. The first-order chi connectivity index (χ1) is 5.55. The average Bonchev–Trinajstić information content (AvgIpc) is 2.53. The van der Waals surface area contributed by atoms with Crippen LogP contribution in [0.4, 0.5) is 0 Å². The maximum absolute atomic E-state index is 11.2. The zero-order chi connectivity index (χ0) is 9.35. The molecule has 13 heavy (non-hydrogen) atoms. The first-order valence-electron chi connectivity index (χ1n) is 4.14. The van der Waals surface area contributed by atoms with Gasteiger partial charge in [-0.3, -0.25) is 10.9 Å². The molecule has 71 valence electrons. The quantitative estimate of drug-likeness (QED) is 0.556. The first-order valence-corrected chi connectivity index (χ1v) is 4.14. The molecule has 0 heterocycles. The van der Waals surface area contributed by atoms with Gasteiger partial charge in [0.1, 0.15) is 0 Å². The third kappa shape index (κ3) is 2.41. The Labute approximate surface area is 105 Å². The van der Waals surface area contributed by atoms with Crippen molar-refractivity contribution in [3.8, 4) is 0 Å². The smallest absolute Gasteiger partial charge is 0.309 e. The van der Waals surface area contributed by atoms with E-state index in [0.29, 0.717) is 5.92 Å². The van der Waals surface area contributed by atoms with E-state index < -0.39 is 0 Å². The second-order valence-electron chi connectivity index (χ2n) is 3.80. The van der Waals surface area contributed by atoms with Gasteiger partial charge in [-0.05, 0) is 11.3 Å². The van der Waals surface area contributed by atoms with Crippen LogP contribution < -0.4 is 0 Å². The van der Waals surface area contributed by atoms with Gasteiger partial charge in [0.2, 0.25) is 0 Å². The fourth-order valence-electron chi connectivity index (χ4n) is 1.75. The molecule has 1 fully saturated rings. The van der Waals surface area contributed by atoms with Crippen LogP contribution >= 0.6 is 0 Å². The number of hydrogen-bond donors (Lipinski definition) is 0. The second-order valence-corrected chi connectivity index (χ2v) is 3.80. The van der Waals surface area contributed by atoms with Crippen LogP contribution in [0.1, 0.15) is 20.8 Å². The summed E-state index contributed by atoms with van der Waals surface area (Å²) in [5.41, 5.74) is 0.0656. The Bertz CT molecular complexity index is 221. The predicted octanol–water partition coefficient (Wildman–Crippen LogP) is 1.81. The summed E-state index contributed by atoms with van der Waals surface area (Å²) in [5.74, 6) is 0.251. The summed E-state index contributed by atoms with van der Waals surface area (Å²) >= 11 is 0. The summed E-state index contributed by atoms with van der Waals surface area (Å²) in [7, 11) is 1.44. The molecule has 0 aliphatic heterocycles. The van der Waals surface area contributed by atoms with E-state index in [9.17, 15) is 4.79 Å². The van der Waals surface area contributed by atoms with Crippen molar-refractivity contribution in [3.63, 3.8) is 0 Å². The number of esters is 1. The second kappa shape index (κ2) is 4.70. The molecule has 0 aromatic heterocycles. The topological polar surface area (TPSA) is 26.3 Å². The largest absolute Gasteiger partial charge is 0.503 e. The standard InChI is InChI=1S/C10H15O2.Y/c1-5-6-7-8(9(11)12-4)10(7,2)3;/h6-8H,1-4H3;/q-1;/t7-,8-;/m0./s1. The Kier molecular flexibility index (Phi) is 4.81. The Morgan fingerprint density at radius 1 is 1.54 bits per heavy atom. The molecule has 0 spiro atoms. The van der Waals surface area contributed by atoms with Crippen LogP contribution in [0.15, 0.2) is 6.08 Å². The fourth-order valence-corrected chi connectivity index (χ4v) is 1.75. The van der Waals surface area contributed by atoms with Gasteiger partial charge < -0.3 is 10.8 Å². The Balaban J connectivity index is 0.00000144. The minimum Gasteiger partial charge on any atom is -0.503 e. The Morgan fingerprint density at radius 3 is 2.46 bits per heavy atom. The molecular weight excluding hydrogens is 241 g/mol. The Hall–Kier alpha value is 0.314. The number of allylic oxidation sites excluding steroid dienone is 2. The third-order valence-electron chi connectivity index (χ3n) is 2.71. The minimum absolute atomic E-state index is 0. The molecule has 1 saturated carbocycles. The molecule has 1 aliphatic rings. The van der Waals surface area contributed by atoms with Crippen molar-refractivity contribution in [2.24, 2.45) is 17.3 Å². The van der Waals surface area contributed by atoms with Crippen molar-refractivity contribution in [1.29, 1.82) is 0 Å². The SMILES string of the molecule is C[C-]=C[C@H]1[C@@H](C(=O)OC)C1(C)C.[Y]. The predicted molar refractivity (Wildman–Crippen MR) is 46.3 cm³/mol. The van der Waals surface area contributed by atoms with Gasteiger partial charge in [0.15, 0.2) is 0 Å². The maximum atomic E-state index is 11.2. The molecule has 0 amide bonds. The van der Waals surface area contributed by atoms with Crippen molar-refractivity contribution in [2.75, 3.05) is 7.11 Å². The van der Waals surface area contributed by atoms with Gasteiger partial charge in [0.05, 0.1) is 13.0 Å².